The van der Waals surface area contributed by atoms with Crippen molar-refractivity contribution in [3.8, 4) is 0 Å². The number of hydrogen-bond donors (Lipinski definition) is 0. The SMILES string of the molecule is CN1CCN(C)C1CI. The summed E-state index contributed by atoms with van der Waals surface area (Å²) < 4.78 is 1.21. The topological polar surface area (TPSA) is 6.48 Å². The predicted octanol–water partition coefficient (Wildman–Crippen LogP) is 0.625. The van der Waals surface area contributed by atoms with Crippen LogP contribution in [0.1, 0.15) is 0 Å². The highest BCUT2D eigenvalue weighted by molar-refractivity contribution is 14.1. The minimum Gasteiger partial charge on any atom is -0.289 e. The smallest absolute Gasteiger partial charge is 0.0710 e. The number of rotatable bonds is 1. The molecule has 0 unspecified atom stereocenters. The second-order valence-corrected chi connectivity index (χ2v) is 3.48. The Bertz CT molecular complexity index is 87.1. The number of hydrogen-bond acceptors (Lipinski definition) is 2. The van der Waals surface area contributed by atoms with Crippen LogP contribution in [0.2, 0.25) is 0 Å². The van der Waals surface area contributed by atoms with E-state index in [1.165, 1.54) is 17.5 Å². The lowest BCUT2D eigenvalue weighted by atomic mass is 10.5. The fourth-order valence-electron chi connectivity index (χ4n) is 1.19. The summed E-state index contributed by atoms with van der Waals surface area (Å²) in [5.41, 5.74) is 0. The number of alkyl halides is 1. The molecule has 9 heavy (non-hydrogen) atoms. The molecule has 54 valence electrons. The third-order valence-corrected chi connectivity index (χ3v) is 2.75. The average Bonchev–Trinajstić information content (AvgIpc) is 2.12. The maximum absolute atomic E-state index is 2.44. The van der Waals surface area contributed by atoms with E-state index in [0.717, 1.165) is 0 Å². The van der Waals surface area contributed by atoms with Gasteiger partial charge in [-0.2, -0.15) is 0 Å². The van der Waals surface area contributed by atoms with E-state index in [-0.39, 0.29) is 0 Å². The summed E-state index contributed by atoms with van der Waals surface area (Å²) >= 11 is 2.44. The lowest BCUT2D eigenvalue weighted by molar-refractivity contribution is 0.216. The molecule has 1 rings (SSSR count). The van der Waals surface area contributed by atoms with Gasteiger partial charge in [0.25, 0.3) is 0 Å². The first-order chi connectivity index (χ1) is 4.25. The summed E-state index contributed by atoms with van der Waals surface area (Å²) in [4.78, 5) is 4.79. The standard InChI is InChI=1S/C6H13IN2/c1-8-3-4-9(2)6(8)5-7/h6H,3-5H2,1-2H3. The Kier molecular flexibility index (Phi) is 2.73. The van der Waals surface area contributed by atoms with E-state index in [4.69, 9.17) is 0 Å². The summed E-state index contributed by atoms with van der Waals surface area (Å²) in [6.07, 6.45) is 0.686. The summed E-state index contributed by atoms with van der Waals surface area (Å²) in [5.74, 6) is 0. The van der Waals surface area contributed by atoms with Crippen LogP contribution in [-0.2, 0) is 0 Å². The van der Waals surface area contributed by atoms with Crippen LogP contribution in [-0.4, -0.2) is 47.6 Å². The quantitative estimate of drug-likeness (QED) is 0.490. The average molecular weight is 240 g/mol. The van der Waals surface area contributed by atoms with Crippen LogP contribution >= 0.6 is 22.6 Å². The van der Waals surface area contributed by atoms with E-state index < -0.39 is 0 Å². The Morgan fingerprint density at radius 2 is 1.78 bits per heavy atom. The summed E-state index contributed by atoms with van der Waals surface area (Å²) in [6, 6.07) is 0. The Labute approximate surface area is 70.3 Å². The minimum atomic E-state index is 0.686. The molecule has 0 aromatic heterocycles. The van der Waals surface area contributed by atoms with Crippen molar-refractivity contribution >= 4 is 22.6 Å². The van der Waals surface area contributed by atoms with Crippen LogP contribution in [0.4, 0.5) is 0 Å². The molecular formula is C6H13IN2. The van der Waals surface area contributed by atoms with Crippen LogP contribution < -0.4 is 0 Å². The van der Waals surface area contributed by atoms with Gasteiger partial charge in [0.2, 0.25) is 0 Å². The van der Waals surface area contributed by atoms with Crippen molar-refractivity contribution in [2.45, 2.75) is 6.17 Å². The maximum atomic E-state index is 2.44. The van der Waals surface area contributed by atoms with Crippen molar-refractivity contribution < 1.29 is 0 Å². The van der Waals surface area contributed by atoms with Gasteiger partial charge in [0, 0.05) is 17.5 Å². The molecule has 1 saturated heterocycles. The van der Waals surface area contributed by atoms with Crippen molar-refractivity contribution in [3.63, 3.8) is 0 Å². The largest absolute Gasteiger partial charge is 0.289 e. The summed E-state index contributed by atoms with van der Waals surface area (Å²) in [5, 5.41) is 0. The van der Waals surface area contributed by atoms with Crippen LogP contribution in [0.3, 0.4) is 0 Å². The highest BCUT2D eigenvalue weighted by Crippen LogP contribution is 2.11. The molecule has 0 aromatic rings. The first-order valence-electron chi connectivity index (χ1n) is 3.22. The monoisotopic (exact) mass is 240 g/mol. The van der Waals surface area contributed by atoms with Gasteiger partial charge in [-0.05, 0) is 14.1 Å². The van der Waals surface area contributed by atoms with Crippen molar-refractivity contribution in [3.05, 3.63) is 0 Å². The molecule has 0 bridgehead atoms. The van der Waals surface area contributed by atoms with Crippen molar-refractivity contribution in [1.82, 2.24) is 9.80 Å². The molecule has 3 heteroatoms. The fraction of sp³-hybridized carbons (Fsp3) is 1.00. The molecule has 0 aromatic carbocycles. The molecule has 1 aliphatic rings. The van der Waals surface area contributed by atoms with Gasteiger partial charge < -0.3 is 0 Å². The predicted molar refractivity (Wildman–Crippen MR) is 47.9 cm³/mol. The number of likely N-dealkylation sites (N-methyl/N-ethyl adjacent to an activating group) is 2. The Morgan fingerprint density at radius 3 is 2.00 bits per heavy atom. The molecule has 1 heterocycles. The van der Waals surface area contributed by atoms with Crippen LogP contribution in [0.25, 0.3) is 0 Å². The van der Waals surface area contributed by atoms with Gasteiger partial charge in [0.1, 0.15) is 0 Å². The molecule has 0 saturated carbocycles. The maximum Gasteiger partial charge on any atom is 0.0710 e. The number of halogens is 1. The third-order valence-electron chi connectivity index (χ3n) is 1.96. The van der Waals surface area contributed by atoms with E-state index in [2.05, 4.69) is 46.5 Å². The second kappa shape index (κ2) is 3.16. The van der Waals surface area contributed by atoms with E-state index in [0.29, 0.717) is 6.17 Å². The Morgan fingerprint density at radius 1 is 1.33 bits per heavy atom. The van der Waals surface area contributed by atoms with Gasteiger partial charge in [-0.1, -0.05) is 22.6 Å². The lowest BCUT2D eigenvalue weighted by Gasteiger charge is -2.21. The van der Waals surface area contributed by atoms with Crippen LogP contribution in [0.5, 0.6) is 0 Å². The summed E-state index contributed by atoms with van der Waals surface area (Å²) in [7, 11) is 4.37. The van der Waals surface area contributed by atoms with Gasteiger partial charge >= 0.3 is 0 Å². The molecular weight excluding hydrogens is 227 g/mol. The second-order valence-electron chi connectivity index (χ2n) is 2.60. The molecule has 1 aliphatic heterocycles. The highest BCUT2D eigenvalue weighted by atomic mass is 127. The minimum absolute atomic E-state index is 0.686. The van der Waals surface area contributed by atoms with Gasteiger partial charge in [-0.15, -0.1) is 0 Å². The van der Waals surface area contributed by atoms with Crippen molar-refractivity contribution in [1.29, 1.82) is 0 Å². The van der Waals surface area contributed by atoms with Crippen molar-refractivity contribution in [2.75, 3.05) is 31.6 Å². The highest BCUT2D eigenvalue weighted by Gasteiger charge is 2.24. The van der Waals surface area contributed by atoms with Crippen molar-refractivity contribution in [2.24, 2.45) is 0 Å². The summed E-state index contributed by atoms with van der Waals surface area (Å²) in [6.45, 7) is 2.45. The normalized spacial score (nSPS) is 25.7. The Hall–Kier alpha value is 0.650. The fourth-order valence-corrected chi connectivity index (χ4v) is 2.53. The molecule has 0 amide bonds. The number of nitrogens with zero attached hydrogens (tertiary/aromatic N) is 2. The lowest BCUT2D eigenvalue weighted by Crippen LogP contribution is -2.35. The van der Waals surface area contributed by atoms with E-state index in [1.807, 2.05) is 0 Å². The molecule has 2 nitrogen and oxygen atoms in total. The first kappa shape index (κ1) is 7.75. The first-order valence-corrected chi connectivity index (χ1v) is 4.74. The molecule has 0 atom stereocenters. The van der Waals surface area contributed by atoms with E-state index >= 15 is 0 Å². The zero-order chi connectivity index (χ0) is 6.85. The van der Waals surface area contributed by atoms with Gasteiger partial charge in [-0.3, -0.25) is 9.80 Å². The van der Waals surface area contributed by atoms with Crippen LogP contribution in [0, 0.1) is 0 Å². The Balaban J connectivity index is 2.44. The van der Waals surface area contributed by atoms with Gasteiger partial charge in [0.05, 0.1) is 6.17 Å². The molecule has 0 aliphatic carbocycles. The molecule has 0 radical (unpaired) electrons. The third kappa shape index (κ3) is 1.56. The van der Waals surface area contributed by atoms with E-state index in [1.54, 1.807) is 0 Å². The van der Waals surface area contributed by atoms with Gasteiger partial charge in [0.15, 0.2) is 0 Å². The molecule has 1 fully saturated rings. The van der Waals surface area contributed by atoms with E-state index in [9.17, 15) is 0 Å². The van der Waals surface area contributed by atoms with Gasteiger partial charge in [-0.25, -0.2) is 0 Å². The molecule has 0 spiro atoms. The zero-order valence-electron chi connectivity index (χ0n) is 5.97. The zero-order valence-corrected chi connectivity index (χ0v) is 8.13. The molecule has 0 N–H and O–H groups in total. The van der Waals surface area contributed by atoms with Crippen LogP contribution in [0.15, 0.2) is 0 Å².